The minimum atomic E-state index is 0.782. The van der Waals surface area contributed by atoms with Crippen molar-refractivity contribution >= 4 is 17.0 Å². The molecule has 0 spiro atoms. The predicted molar refractivity (Wildman–Crippen MR) is 84.4 cm³/mol. The maximum absolute atomic E-state index is 4.46. The fourth-order valence-electron chi connectivity index (χ4n) is 2.31. The third-order valence-electron chi connectivity index (χ3n) is 3.30. The van der Waals surface area contributed by atoms with Crippen LogP contribution in [-0.4, -0.2) is 17.7 Å². The summed E-state index contributed by atoms with van der Waals surface area (Å²) in [6.07, 6.45) is 4.57. The van der Waals surface area contributed by atoms with Gasteiger partial charge in [-0.05, 0) is 34.9 Å². The van der Waals surface area contributed by atoms with Crippen LogP contribution in [0.4, 0.5) is 0 Å². The molecule has 1 aromatic heterocycles. The van der Waals surface area contributed by atoms with Crippen molar-refractivity contribution in [1.29, 1.82) is 0 Å². The molecule has 0 fully saturated rings. The van der Waals surface area contributed by atoms with Crippen molar-refractivity contribution in [2.24, 2.45) is 4.99 Å². The zero-order chi connectivity index (χ0) is 13.6. The topological polar surface area (TPSA) is 25.2 Å². The summed E-state index contributed by atoms with van der Waals surface area (Å²) < 4.78 is 0. The number of aliphatic imine (C=N–C) groups is 1. The van der Waals surface area contributed by atoms with E-state index in [1.165, 1.54) is 16.3 Å². The van der Waals surface area contributed by atoms with Crippen LogP contribution in [0.1, 0.15) is 11.3 Å². The van der Waals surface area contributed by atoms with Crippen LogP contribution >= 0.6 is 0 Å². The van der Waals surface area contributed by atoms with E-state index in [9.17, 15) is 0 Å². The van der Waals surface area contributed by atoms with Gasteiger partial charge in [0.15, 0.2) is 0 Å². The largest absolute Gasteiger partial charge is 0.291 e. The van der Waals surface area contributed by atoms with Gasteiger partial charge in [-0.15, -0.1) is 0 Å². The Morgan fingerprint density at radius 2 is 1.75 bits per heavy atom. The standard InChI is InChI=1S/C18H16N2/c1-2-10-18-15(6-1)7-5-8-16(18)11-13-19-14-17-9-3-4-12-20-17/h1-10,12,14H,11,13H2. The molecule has 1 heterocycles. The maximum Gasteiger partial charge on any atom is 0.0807 e. The van der Waals surface area contributed by atoms with Crippen molar-refractivity contribution in [3.05, 3.63) is 78.1 Å². The van der Waals surface area contributed by atoms with Gasteiger partial charge in [0.1, 0.15) is 0 Å². The van der Waals surface area contributed by atoms with Crippen molar-refractivity contribution < 1.29 is 0 Å². The van der Waals surface area contributed by atoms with E-state index >= 15 is 0 Å². The quantitative estimate of drug-likeness (QED) is 0.653. The fraction of sp³-hybridized carbons (Fsp3) is 0.111. The molecule has 98 valence electrons. The highest BCUT2D eigenvalue weighted by Gasteiger charge is 1.98. The maximum atomic E-state index is 4.46. The molecular formula is C18H16N2. The Kier molecular flexibility index (Phi) is 3.83. The van der Waals surface area contributed by atoms with Crippen LogP contribution in [0.3, 0.4) is 0 Å². The molecule has 0 radical (unpaired) electrons. The molecule has 3 aromatic rings. The van der Waals surface area contributed by atoms with Gasteiger partial charge in [-0.25, -0.2) is 0 Å². The number of fused-ring (bicyclic) bond motifs is 1. The SMILES string of the molecule is C(=NCCc1cccc2ccccc12)c1ccccn1. The smallest absolute Gasteiger partial charge is 0.0807 e. The Morgan fingerprint density at radius 1 is 0.900 bits per heavy atom. The molecule has 0 saturated heterocycles. The first-order valence-corrected chi connectivity index (χ1v) is 6.81. The summed E-state index contributed by atoms with van der Waals surface area (Å²) in [7, 11) is 0. The lowest BCUT2D eigenvalue weighted by atomic mass is 10.0. The predicted octanol–water partition coefficient (Wildman–Crippen LogP) is 3.90. The van der Waals surface area contributed by atoms with Gasteiger partial charge in [0, 0.05) is 19.0 Å². The van der Waals surface area contributed by atoms with Gasteiger partial charge in [0.05, 0.1) is 5.69 Å². The highest BCUT2D eigenvalue weighted by Crippen LogP contribution is 2.18. The lowest BCUT2D eigenvalue weighted by Crippen LogP contribution is -1.93. The van der Waals surface area contributed by atoms with Crippen molar-refractivity contribution in [3.8, 4) is 0 Å². The Bertz CT molecular complexity index is 712. The number of rotatable bonds is 4. The van der Waals surface area contributed by atoms with E-state index < -0.39 is 0 Å². The van der Waals surface area contributed by atoms with Gasteiger partial charge in [-0.2, -0.15) is 0 Å². The van der Waals surface area contributed by atoms with E-state index in [-0.39, 0.29) is 0 Å². The molecule has 0 aliphatic carbocycles. The Balaban J connectivity index is 1.70. The van der Waals surface area contributed by atoms with Gasteiger partial charge in [-0.3, -0.25) is 9.98 Å². The van der Waals surface area contributed by atoms with E-state index in [1.54, 1.807) is 6.20 Å². The summed E-state index contributed by atoms with van der Waals surface area (Å²) >= 11 is 0. The zero-order valence-corrected chi connectivity index (χ0v) is 11.2. The van der Waals surface area contributed by atoms with Crippen LogP contribution in [0, 0.1) is 0 Å². The third-order valence-corrected chi connectivity index (χ3v) is 3.30. The minimum Gasteiger partial charge on any atom is -0.291 e. The Labute approximate surface area is 118 Å². The molecule has 3 rings (SSSR count). The highest BCUT2D eigenvalue weighted by molar-refractivity contribution is 5.85. The molecule has 0 bridgehead atoms. The van der Waals surface area contributed by atoms with E-state index in [0.29, 0.717) is 0 Å². The summed E-state index contributed by atoms with van der Waals surface area (Å²) in [6, 6.07) is 20.8. The number of pyridine rings is 1. The number of aromatic nitrogens is 1. The summed E-state index contributed by atoms with van der Waals surface area (Å²) in [4.78, 5) is 8.68. The van der Waals surface area contributed by atoms with Crippen LogP contribution in [0.2, 0.25) is 0 Å². The second-order valence-electron chi connectivity index (χ2n) is 4.68. The second kappa shape index (κ2) is 6.11. The monoisotopic (exact) mass is 260 g/mol. The molecule has 0 atom stereocenters. The molecule has 20 heavy (non-hydrogen) atoms. The highest BCUT2D eigenvalue weighted by atomic mass is 14.7. The molecule has 0 N–H and O–H groups in total. The molecule has 0 aliphatic heterocycles. The van der Waals surface area contributed by atoms with Gasteiger partial charge in [0.25, 0.3) is 0 Å². The molecule has 2 heteroatoms. The first kappa shape index (κ1) is 12.5. The third kappa shape index (κ3) is 2.91. The number of nitrogens with zero attached hydrogens (tertiary/aromatic N) is 2. The van der Waals surface area contributed by atoms with Crippen molar-refractivity contribution in [3.63, 3.8) is 0 Å². The summed E-state index contributed by atoms with van der Waals surface area (Å²) in [6.45, 7) is 0.782. The van der Waals surface area contributed by atoms with Crippen LogP contribution in [0.15, 0.2) is 71.9 Å². The van der Waals surface area contributed by atoms with Crippen molar-refractivity contribution in [1.82, 2.24) is 4.98 Å². The molecule has 0 aliphatic rings. The van der Waals surface area contributed by atoms with E-state index in [0.717, 1.165) is 18.7 Å². The van der Waals surface area contributed by atoms with E-state index in [1.807, 2.05) is 24.4 Å². The molecule has 0 amide bonds. The van der Waals surface area contributed by atoms with Crippen molar-refractivity contribution in [2.75, 3.05) is 6.54 Å². The fourth-order valence-corrected chi connectivity index (χ4v) is 2.31. The summed E-state index contributed by atoms with van der Waals surface area (Å²) in [5.74, 6) is 0. The zero-order valence-electron chi connectivity index (χ0n) is 11.2. The van der Waals surface area contributed by atoms with Crippen LogP contribution in [0.25, 0.3) is 10.8 Å². The second-order valence-corrected chi connectivity index (χ2v) is 4.68. The number of hydrogen-bond acceptors (Lipinski definition) is 2. The normalized spacial score (nSPS) is 11.2. The first-order chi connectivity index (χ1) is 9.93. The number of benzene rings is 2. The van der Waals surface area contributed by atoms with Gasteiger partial charge in [-0.1, -0.05) is 48.5 Å². The van der Waals surface area contributed by atoms with Crippen LogP contribution < -0.4 is 0 Å². The molecule has 0 saturated carbocycles. The Hall–Kier alpha value is -2.48. The first-order valence-electron chi connectivity index (χ1n) is 6.81. The molecule has 2 aromatic carbocycles. The van der Waals surface area contributed by atoms with Crippen LogP contribution in [-0.2, 0) is 6.42 Å². The van der Waals surface area contributed by atoms with Crippen LogP contribution in [0.5, 0.6) is 0 Å². The van der Waals surface area contributed by atoms with Gasteiger partial charge < -0.3 is 0 Å². The summed E-state index contributed by atoms with van der Waals surface area (Å²) in [5.41, 5.74) is 2.26. The van der Waals surface area contributed by atoms with E-state index in [4.69, 9.17) is 0 Å². The molecule has 2 nitrogen and oxygen atoms in total. The van der Waals surface area contributed by atoms with Gasteiger partial charge >= 0.3 is 0 Å². The Morgan fingerprint density at radius 3 is 2.65 bits per heavy atom. The lowest BCUT2D eigenvalue weighted by molar-refractivity contribution is 0.981. The van der Waals surface area contributed by atoms with E-state index in [2.05, 4.69) is 52.4 Å². The average Bonchev–Trinajstić information content (AvgIpc) is 2.53. The van der Waals surface area contributed by atoms with Gasteiger partial charge in [0.2, 0.25) is 0 Å². The average molecular weight is 260 g/mol. The molecule has 0 unspecified atom stereocenters. The summed E-state index contributed by atoms with van der Waals surface area (Å²) in [5, 5.41) is 2.61. The minimum absolute atomic E-state index is 0.782. The lowest BCUT2D eigenvalue weighted by Gasteiger charge is -2.04. The molecular weight excluding hydrogens is 244 g/mol. The number of hydrogen-bond donors (Lipinski definition) is 0. The van der Waals surface area contributed by atoms with Crippen molar-refractivity contribution in [2.45, 2.75) is 6.42 Å².